The Bertz CT molecular complexity index is 378. The van der Waals surface area contributed by atoms with Gasteiger partial charge in [0.2, 0.25) is 0 Å². The van der Waals surface area contributed by atoms with E-state index in [2.05, 4.69) is 0 Å². The van der Waals surface area contributed by atoms with Crippen LogP contribution in [0, 0.1) is 17.7 Å². The molecule has 2 aliphatic carbocycles. The zero-order valence-corrected chi connectivity index (χ0v) is 10.1. The van der Waals surface area contributed by atoms with Gasteiger partial charge in [-0.15, -0.1) is 0 Å². The molecule has 0 spiro atoms. The van der Waals surface area contributed by atoms with Crippen LogP contribution in [0.2, 0.25) is 0 Å². The minimum Gasteiger partial charge on any atom is -0.373 e. The van der Waals surface area contributed by atoms with Crippen LogP contribution in [0.15, 0.2) is 24.3 Å². The van der Waals surface area contributed by atoms with Crippen molar-refractivity contribution in [1.29, 1.82) is 0 Å². The summed E-state index contributed by atoms with van der Waals surface area (Å²) in [6.45, 7) is 0.427. The Morgan fingerprint density at radius 3 is 2.47 bits per heavy atom. The number of benzene rings is 1. The van der Waals surface area contributed by atoms with Gasteiger partial charge >= 0.3 is 0 Å². The Morgan fingerprint density at radius 1 is 1.06 bits per heavy atom. The first kappa shape index (κ1) is 11.2. The molecule has 92 valence electrons. The van der Waals surface area contributed by atoms with Crippen LogP contribution in [0.5, 0.6) is 0 Å². The molecular weight excluding hydrogens is 215 g/mol. The van der Waals surface area contributed by atoms with Crippen molar-refractivity contribution < 1.29 is 9.13 Å². The van der Waals surface area contributed by atoms with Gasteiger partial charge in [0, 0.05) is 5.56 Å². The quantitative estimate of drug-likeness (QED) is 0.770. The highest BCUT2D eigenvalue weighted by molar-refractivity contribution is 5.16. The molecule has 1 nitrogen and oxygen atoms in total. The van der Waals surface area contributed by atoms with E-state index in [-0.39, 0.29) is 5.82 Å². The average Bonchev–Trinajstić information content (AvgIpc) is 2.68. The Hall–Kier alpha value is -0.890. The molecule has 0 amide bonds. The smallest absolute Gasteiger partial charge is 0.128 e. The van der Waals surface area contributed by atoms with Gasteiger partial charge in [-0.25, -0.2) is 4.39 Å². The van der Waals surface area contributed by atoms with E-state index in [1.807, 2.05) is 12.1 Å². The Balaban J connectivity index is 1.56. The van der Waals surface area contributed by atoms with Gasteiger partial charge < -0.3 is 4.74 Å². The molecule has 1 aromatic rings. The Labute approximate surface area is 102 Å². The van der Waals surface area contributed by atoms with Crippen LogP contribution >= 0.6 is 0 Å². The molecule has 3 rings (SSSR count). The van der Waals surface area contributed by atoms with Gasteiger partial charge in [0.05, 0.1) is 12.7 Å². The van der Waals surface area contributed by atoms with Gasteiger partial charge in [0.1, 0.15) is 5.82 Å². The minimum absolute atomic E-state index is 0.147. The van der Waals surface area contributed by atoms with E-state index >= 15 is 0 Å². The van der Waals surface area contributed by atoms with Crippen molar-refractivity contribution in [3.8, 4) is 0 Å². The van der Waals surface area contributed by atoms with Gasteiger partial charge in [-0.3, -0.25) is 0 Å². The molecule has 0 aromatic heterocycles. The van der Waals surface area contributed by atoms with Crippen molar-refractivity contribution in [1.82, 2.24) is 0 Å². The van der Waals surface area contributed by atoms with Gasteiger partial charge in [-0.2, -0.15) is 0 Å². The lowest BCUT2D eigenvalue weighted by Crippen LogP contribution is -2.23. The van der Waals surface area contributed by atoms with E-state index in [4.69, 9.17) is 4.74 Å². The van der Waals surface area contributed by atoms with E-state index in [1.165, 1.54) is 38.2 Å². The van der Waals surface area contributed by atoms with Crippen LogP contribution in [0.3, 0.4) is 0 Å². The predicted octanol–water partition coefficient (Wildman–Crippen LogP) is 3.92. The van der Waals surface area contributed by atoms with E-state index in [1.54, 1.807) is 6.07 Å². The zero-order valence-electron chi connectivity index (χ0n) is 10.1. The fourth-order valence-electron chi connectivity index (χ4n) is 3.41. The standard InChI is InChI=1S/C15H19FO/c16-15-4-2-1-3-13(15)10-17-14-8-11-5-6-12(7-11)9-14/h1-4,11-12,14H,5-10H2/t11-,12+,14?. The summed E-state index contributed by atoms with van der Waals surface area (Å²) in [6.07, 6.45) is 6.89. The van der Waals surface area contributed by atoms with E-state index in [9.17, 15) is 4.39 Å². The molecular formula is C15H19FO. The van der Waals surface area contributed by atoms with Crippen LogP contribution in [0.1, 0.15) is 37.7 Å². The maximum absolute atomic E-state index is 13.4. The molecule has 2 fully saturated rings. The number of ether oxygens (including phenoxy) is 1. The highest BCUT2D eigenvalue weighted by Crippen LogP contribution is 2.43. The SMILES string of the molecule is Fc1ccccc1COC1C[C@H]2CC[C@@H](C1)C2. The summed E-state index contributed by atoms with van der Waals surface area (Å²) in [5.74, 6) is 1.60. The first-order valence-corrected chi connectivity index (χ1v) is 6.66. The lowest BCUT2D eigenvalue weighted by molar-refractivity contribution is -0.00197. The summed E-state index contributed by atoms with van der Waals surface area (Å²) in [4.78, 5) is 0. The van der Waals surface area contributed by atoms with Crippen LogP contribution < -0.4 is 0 Å². The van der Waals surface area contributed by atoms with Crippen molar-refractivity contribution in [2.45, 2.75) is 44.8 Å². The molecule has 0 heterocycles. The zero-order chi connectivity index (χ0) is 11.7. The summed E-state index contributed by atoms with van der Waals surface area (Å²) >= 11 is 0. The van der Waals surface area contributed by atoms with Crippen LogP contribution in [-0.4, -0.2) is 6.10 Å². The first-order chi connectivity index (χ1) is 8.31. The van der Waals surface area contributed by atoms with Crippen molar-refractivity contribution in [3.05, 3.63) is 35.6 Å². The summed E-state index contributed by atoms with van der Waals surface area (Å²) in [6, 6.07) is 6.90. The molecule has 2 aliphatic rings. The third kappa shape index (κ3) is 2.52. The molecule has 0 radical (unpaired) electrons. The molecule has 0 aliphatic heterocycles. The number of hydrogen-bond donors (Lipinski definition) is 0. The van der Waals surface area contributed by atoms with Gasteiger partial charge in [0.15, 0.2) is 0 Å². The highest BCUT2D eigenvalue weighted by atomic mass is 19.1. The summed E-state index contributed by atoms with van der Waals surface area (Å²) in [5.41, 5.74) is 0.686. The predicted molar refractivity (Wildman–Crippen MR) is 65.0 cm³/mol. The van der Waals surface area contributed by atoms with Crippen LogP contribution in [-0.2, 0) is 11.3 Å². The molecule has 0 saturated heterocycles. The van der Waals surface area contributed by atoms with E-state index in [0.717, 1.165) is 11.8 Å². The molecule has 0 N–H and O–H groups in total. The highest BCUT2D eigenvalue weighted by Gasteiger charge is 2.34. The summed E-state index contributed by atoms with van der Waals surface area (Å²) in [7, 11) is 0. The molecule has 2 bridgehead atoms. The second-order valence-corrected chi connectivity index (χ2v) is 5.54. The van der Waals surface area contributed by atoms with Crippen molar-refractivity contribution in [3.63, 3.8) is 0 Å². The normalized spacial score (nSPS) is 31.7. The fraction of sp³-hybridized carbons (Fsp3) is 0.600. The fourth-order valence-corrected chi connectivity index (χ4v) is 3.41. The topological polar surface area (TPSA) is 9.23 Å². The number of rotatable bonds is 3. The van der Waals surface area contributed by atoms with Crippen molar-refractivity contribution in [2.75, 3.05) is 0 Å². The number of halogens is 1. The van der Waals surface area contributed by atoms with Gasteiger partial charge in [-0.05, 0) is 37.2 Å². The second-order valence-electron chi connectivity index (χ2n) is 5.54. The molecule has 1 unspecified atom stereocenters. The third-order valence-corrected chi connectivity index (χ3v) is 4.27. The lowest BCUT2D eigenvalue weighted by Gasteiger charge is -2.27. The van der Waals surface area contributed by atoms with Crippen LogP contribution in [0.25, 0.3) is 0 Å². The van der Waals surface area contributed by atoms with Crippen molar-refractivity contribution in [2.24, 2.45) is 11.8 Å². The van der Waals surface area contributed by atoms with Crippen molar-refractivity contribution >= 4 is 0 Å². The lowest BCUT2D eigenvalue weighted by atomic mass is 9.87. The maximum atomic E-state index is 13.4. The Morgan fingerprint density at radius 2 is 1.76 bits per heavy atom. The summed E-state index contributed by atoms with van der Waals surface area (Å²) < 4.78 is 19.3. The first-order valence-electron chi connectivity index (χ1n) is 6.66. The Kier molecular flexibility index (Phi) is 3.15. The average molecular weight is 234 g/mol. The minimum atomic E-state index is -0.147. The number of hydrogen-bond acceptors (Lipinski definition) is 1. The summed E-state index contributed by atoms with van der Waals surface area (Å²) in [5, 5.41) is 0. The van der Waals surface area contributed by atoms with Gasteiger partial charge in [0.25, 0.3) is 0 Å². The molecule has 2 saturated carbocycles. The number of fused-ring (bicyclic) bond motifs is 2. The third-order valence-electron chi connectivity index (χ3n) is 4.27. The van der Waals surface area contributed by atoms with Crippen LogP contribution in [0.4, 0.5) is 4.39 Å². The maximum Gasteiger partial charge on any atom is 0.128 e. The monoisotopic (exact) mass is 234 g/mol. The molecule has 3 atom stereocenters. The molecule has 17 heavy (non-hydrogen) atoms. The van der Waals surface area contributed by atoms with E-state index in [0.29, 0.717) is 18.3 Å². The largest absolute Gasteiger partial charge is 0.373 e. The molecule has 1 aromatic carbocycles. The second kappa shape index (κ2) is 4.77. The van der Waals surface area contributed by atoms with Gasteiger partial charge in [-0.1, -0.05) is 31.0 Å². The van der Waals surface area contributed by atoms with E-state index < -0.39 is 0 Å². The molecule has 2 heteroatoms.